The number of Topliss-reactive ketones (excluding diaryl/α,β-unsaturated/α-hetero) is 1. The molecule has 2 aliphatic heterocycles. The van der Waals surface area contributed by atoms with Gasteiger partial charge >= 0.3 is 12.0 Å². The lowest BCUT2D eigenvalue weighted by atomic mass is 10.0. The molecule has 3 rings (SSSR count). The van der Waals surface area contributed by atoms with E-state index >= 15 is 0 Å². The molecule has 0 spiro atoms. The fraction of sp³-hybridized carbons (Fsp3) is 0.375. The molecule has 2 atom stereocenters. The van der Waals surface area contributed by atoms with Crippen molar-refractivity contribution in [2.45, 2.75) is 18.3 Å². The minimum Gasteiger partial charge on any atom is -0.477 e. The predicted molar refractivity (Wildman–Crippen MR) is 108 cm³/mol. The number of hydrogen-bond acceptors (Lipinski definition) is 11. The number of carbonyl (C=O) groups excluding carboxylic acids is 4. The molecule has 1 fully saturated rings. The molecule has 3 N–H and O–H groups in total. The number of fused-ring (bicyclic) bond motifs is 1. The molecular weight excluding hydrogens is 472 g/mol. The summed E-state index contributed by atoms with van der Waals surface area (Å²) in [6.07, 6.45) is 0. The monoisotopic (exact) mass is 486 g/mol. The van der Waals surface area contributed by atoms with Crippen LogP contribution in [-0.2, 0) is 28.8 Å². The number of halogens is 1. The maximum Gasteiger partial charge on any atom is 0.353 e. The summed E-state index contributed by atoms with van der Waals surface area (Å²) in [5, 5.41) is 24.2. The Bertz CT molecular complexity index is 1070. The first-order valence-corrected chi connectivity index (χ1v) is 10.3. The maximum atomic E-state index is 12.7. The first-order chi connectivity index (χ1) is 15.2. The number of carboxylic acids is 1. The molecule has 1 aromatic heterocycles. The molecule has 0 aromatic carbocycles. The van der Waals surface area contributed by atoms with Crippen molar-refractivity contribution in [2.24, 2.45) is 5.16 Å². The molecular formula is C16H15ClN6O8S. The van der Waals surface area contributed by atoms with E-state index in [-0.39, 0.29) is 23.2 Å². The Balaban J connectivity index is 1.84. The number of ketones is 1. The summed E-state index contributed by atoms with van der Waals surface area (Å²) >= 11 is 6.57. The lowest BCUT2D eigenvalue weighted by Gasteiger charge is -2.49. The van der Waals surface area contributed by atoms with Gasteiger partial charge in [0.05, 0.1) is 11.5 Å². The van der Waals surface area contributed by atoms with Gasteiger partial charge < -0.3 is 19.7 Å². The van der Waals surface area contributed by atoms with E-state index < -0.39 is 58.2 Å². The van der Waals surface area contributed by atoms with Crippen molar-refractivity contribution in [2.75, 3.05) is 24.1 Å². The first kappa shape index (κ1) is 23.2. The Morgan fingerprint density at radius 1 is 1.38 bits per heavy atom. The molecule has 0 saturated carbocycles. The van der Waals surface area contributed by atoms with Gasteiger partial charge in [-0.15, -0.1) is 28.5 Å². The molecule has 0 radical (unpaired) electrons. The highest BCUT2D eigenvalue weighted by Crippen LogP contribution is 2.43. The summed E-state index contributed by atoms with van der Waals surface area (Å²) in [7, 11) is 1.13. The molecule has 14 nitrogen and oxygen atoms in total. The van der Waals surface area contributed by atoms with Crippen LogP contribution in [0, 0.1) is 0 Å². The third kappa shape index (κ3) is 4.29. The van der Waals surface area contributed by atoms with Crippen molar-refractivity contribution in [1.82, 2.24) is 20.4 Å². The quantitative estimate of drug-likeness (QED) is 0.134. The number of oxime groups is 1. The number of anilines is 1. The average Bonchev–Trinajstić information content (AvgIpc) is 3.21. The van der Waals surface area contributed by atoms with Crippen molar-refractivity contribution in [3.8, 4) is 0 Å². The average molecular weight is 487 g/mol. The predicted octanol–water partition coefficient (Wildman–Crippen LogP) is -0.966. The highest BCUT2D eigenvalue weighted by atomic mass is 35.5. The van der Waals surface area contributed by atoms with E-state index in [0.717, 1.165) is 23.8 Å². The lowest BCUT2D eigenvalue weighted by Crippen LogP contribution is -2.71. The van der Waals surface area contributed by atoms with Crippen molar-refractivity contribution in [1.29, 1.82) is 0 Å². The van der Waals surface area contributed by atoms with E-state index in [9.17, 15) is 29.1 Å². The summed E-state index contributed by atoms with van der Waals surface area (Å²) < 4.78 is 5.27. The van der Waals surface area contributed by atoms with Crippen LogP contribution in [0.5, 0.6) is 0 Å². The van der Waals surface area contributed by atoms with Crippen molar-refractivity contribution in [3.63, 3.8) is 0 Å². The highest BCUT2D eigenvalue weighted by Gasteiger charge is 2.55. The standard InChI is InChI=1S/C16H15ClN6O8S/c1-5(24)18-16-21-20-12(31-16)6-4-32-14-9(13(27)23(14)10(6)15(28)29)19-11(26)8(22-30-2)7(25)3-17/h9,14H,3-4H2,1-2H3,(H,19,26)(H,28,29)(H,18,21,24)/t9?,14-/m1/s1. The Kier molecular flexibility index (Phi) is 6.78. The van der Waals surface area contributed by atoms with Crippen LogP contribution in [0.15, 0.2) is 15.3 Å². The van der Waals surface area contributed by atoms with E-state index in [1.54, 1.807) is 0 Å². The second-order valence-corrected chi connectivity index (χ2v) is 7.64. The molecule has 32 heavy (non-hydrogen) atoms. The minimum absolute atomic E-state index is 0.0454. The molecule has 3 heterocycles. The third-order valence-corrected chi connectivity index (χ3v) is 5.73. The number of carboxylic acid groups (broad SMARTS) is 1. The summed E-state index contributed by atoms with van der Waals surface area (Å²) in [5.41, 5.74) is -0.953. The third-order valence-electron chi connectivity index (χ3n) is 4.21. The van der Waals surface area contributed by atoms with Crippen LogP contribution in [0.4, 0.5) is 6.01 Å². The second kappa shape index (κ2) is 9.35. The van der Waals surface area contributed by atoms with E-state index in [2.05, 4.69) is 30.8 Å². The largest absolute Gasteiger partial charge is 0.477 e. The number of rotatable bonds is 8. The molecule has 0 bridgehead atoms. The fourth-order valence-corrected chi connectivity index (χ4v) is 4.37. The molecule has 1 saturated heterocycles. The van der Waals surface area contributed by atoms with Gasteiger partial charge in [0.15, 0.2) is 0 Å². The van der Waals surface area contributed by atoms with E-state index in [1.165, 1.54) is 6.92 Å². The van der Waals surface area contributed by atoms with Gasteiger partial charge in [0.1, 0.15) is 24.2 Å². The van der Waals surface area contributed by atoms with Crippen LogP contribution < -0.4 is 10.6 Å². The van der Waals surface area contributed by atoms with Crippen LogP contribution in [0.3, 0.4) is 0 Å². The topological polar surface area (TPSA) is 193 Å². The number of nitrogens with zero attached hydrogens (tertiary/aromatic N) is 4. The Labute approximate surface area is 188 Å². The van der Waals surface area contributed by atoms with Gasteiger partial charge in [0.2, 0.25) is 23.3 Å². The number of aliphatic carboxylic acids is 1. The van der Waals surface area contributed by atoms with E-state index in [4.69, 9.17) is 16.0 Å². The van der Waals surface area contributed by atoms with Crippen molar-refractivity contribution in [3.05, 3.63) is 11.6 Å². The van der Waals surface area contributed by atoms with E-state index in [0.29, 0.717) is 0 Å². The van der Waals surface area contributed by atoms with Gasteiger partial charge in [-0.05, 0) is 0 Å². The SMILES string of the molecule is CON=C(C(=O)CCl)C(=O)NC1C(=O)N2C(C(=O)O)=C(c3nnc(NC(C)=O)o3)CS[C@H]12. The number of thioether (sulfide) groups is 1. The molecule has 16 heteroatoms. The zero-order valence-electron chi connectivity index (χ0n) is 16.4. The Morgan fingerprint density at radius 3 is 2.69 bits per heavy atom. The molecule has 3 amide bonds. The van der Waals surface area contributed by atoms with Gasteiger partial charge in [-0.1, -0.05) is 10.3 Å². The number of nitrogens with one attached hydrogen (secondary N) is 2. The van der Waals surface area contributed by atoms with Crippen LogP contribution in [0.2, 0.25) is 0 Å². The molecule has 2 aliphatic rings. The van der Waals surface area contributed by atoms with Crippen molar-refractivity contribution < 1.29 is 38.3 Å². The summed E-state index contributed by atoms with van der Waals surface area (Å²) in [6, 6.07) is -1.35. The minimum atomic E-state index is -1.43. The highest BCUT2D eigenvalue weighted by molar-refractivity contribution is 8.00. The Morgan fingerprint density at radius 2 is 2.09 bits per heavy atom. The molecule has 170 valence electrons. The number of aromatic nitrogens is 2. The van der Waals surface area contributed by atoms with Gasteiger partial charge in [-0.25, -0.2) is 4.79 Å². The molecule has 1 aromatic rings. The summed E-state index contributed by atoms with van der Waals surface area (Å²) in [4.78, 5) is 65.3. The zero-order valence-corrected chi connectivity index (χ0v) is 18.0. The molecule has 0 aliphatic carbocycles. The number of alkyl halides is 1. The second-order valence-electron chi connectivity index (χ2n) is 6.27. The van der Waals surface area contributed by atoms with E-state index in [1.807, 2.05) is 0 Å². The first-order valence-electron chi connectivity index (χ1n) is 8.73. The summed E-state index contributed by atoms with van der Waals surface area (Å²) in [5.74, 6) is -5.10. The van der Waals surface area contributed by atoms with Crippen molar-refractivity contribution >= 4 is 70.1 Å². The van der Waals surface area contributed by atoms with Crippen LogP contribution >= 0.6 is 23.4 Å². The van der Waals surface area contributed by atoms with Gasteiger partial charge in [-0.2, -0.15) is 0 Å². The van der Waals surface area contributed by atoms with Crippen LogP contribution in [0.1, 0.15) is 12.8 Å². The number of hydrogen-bond donors (Lipinski definition) is 3. The fourth-order valence-electron chi connectivity index (χ4n) is 2.91. The Hall–Kier alpha value is -3.46. The summed E-state index contributed by atoms with van der Waals surface area (Å²) in [6.45, 7) is 1.23. The maximum absolute atomic E-state index is 12.7. The van der Waals surface area contributed by atoms with Gasteiger partial charge in [0.25, 0.3) is 11.8 Å². The van der Waals surface area contributed by atoms with Crippen LogP contribution in [-0.4, -0.2) is 85.5 Å². The zero-order chi connectivity index (χ0) is 23.6. The van der Waals surface area contributed by atoms with Crippen LogP contribution in [0.25, 0.3) is 5.57 Å². The van der Waals surface area contributed by atoms with Gasteiger partial charge in [-0.3, -0.25) is 29.4 Å². The number of amides is 3. The van der Waals surface area contributed by atoms with Gasteiger partial charge in [0, 0.05) is 12.7 Å². The lowest BCUT2D eigenvalue weighted by molar-refractivity contribution is -0.150. The number of β-lactam (4-membered cyclic amide) rings is 1. The smallest absolute Gasteiger partial charge is 0.353 e. The molecule has 1 unspecified atom stereocenters. The number of carbonyl (C=O) groups is 5. The normalized spacial score (nSPS) is 20.3.